The maximum atomic E-state index is 8.70. The quantitative estimate of drug-likeness (QED) is 0.726. The summed E-state index contributed by atoms with van der Waals surface area (Å²) in [6, 6.07) is 7.95. The molecule has 0 bridgehead atoms. The highest BCUT2D eigenvalue weighted by Crippen LogP contribution is 2.33. The van der Waals surface area contributed by atoms with Crippen molar-refractivity contribution in [1.29, 1.82) is 5.26 Å². The molecule has 0 saturated carbocycles. The summed E-state index contributed by atoms with van der Waals surface area (Å²) in [5, 5.41) is 10.6. The minimum atomic E-state index is 0.385. The Morgan fingerprint density at radius 1 is 1.50 bits per heavy atom. The summed E-state index contributed by atoms with van der Waals surface area (Å²) in [5.74, 6) is 0. The second-order valence-electron chi connectivity index (χ2n) is 2.97. The fourth-order valence-corrected chi connectivity index (χ4v) is 2.73. The number of nitrogens with two attached hydrogens (primary N) is 1. The molecule has 0 amide bonds. The van der Waals surface area contributed by atoms with E-state index in [1.165, 1.54) is 11.3 Å². The van der Waals surface area contributed by atoms with E-state index in [1.807, 2.05) is 18.2 Å². The third kappa shape index (κ3) is 1.45. The molecule has 0 unspecified atom stereocenters. The van der Waals surface area contributed by atoms with E-state index >= 15 is 0 Å². The largest absolute Gasteiger partial charge is 0.391 e. The highest BCUT2D eigenvalue weighted by molar-refractivity contribution is 7.80. The van der Waals surface area contributed by atoms with E-state index in [0.717, 1.165) is 25.5 Å². The second kappa shape index (κ2) is 3.52. The third-order valence-electron chi connectivity index (χ3n) is 2.04. The van der Waals surface area contributed by atoms with E-state index in [1.54, 1.807) is 0 Å². The molecule has 1 aromatic carbocycles. The fourth-order valence-electron chi connectivity index (χ4n) is 1.42. The minimum absolute atomic E-state index is 0.385. The van der Waals surface area contributed by atoms with Crippen molar-refractivity contribution in [2.75, 3.05) is 5.73 Å². The van der Waals surface area contributed by atoms with E-state index in [2.05, 4.69) is 18.7 Å². The number of hydrogen-bond acceptors (Lipinski definition) is 4. The van der Waals surface area contributed by atoms with Gasteiger partial charge >= 0.3 is 0 Å². The first-order chi connectivity index (χ1) is 6.72. The lowest BCUT2D eigenvalue weighted by Gasteiger charge is -2.01. The van der Waals surface area contributed by atoms with Crippen LogP contribution in [-0.2, 0) is 6.42 Å². The zero-order chi connectivity index (χ0) is 10.1. The Morgan fingerprint density at radius 2 is 2.29 bits per heavy atom. The van der Waals surface area contributed by atoms with Gasteiger partial charge in [0.25, 0.3) is 0 Å². The molecule has 0 aliphatic heterocycles. The Labute approximate surface area is 91.4 Å². The highest BCUT2D eigenvalue weighted by Gasteiger charge is 2.07. The molecule has 2 aromatic rings. The monoisotopic (exact) mass is 220 g/mol. The van der Waals surface area contributed by atoms with E-state index in [9.17, 15) is 0 Å². The Bertz CT molecular complexity index is 523. The van der Waals surface area contributed by atoms with E-state index in [-0.39, 0.29) is 0 Å². The Kier molecular flexibility index (Phi) is 2.36. The standard InChI is InChI=1S/C10H8N2S2/c11-4-3-7-8(13)2-1-6-5-9(12)14-10(6)7/h1-2,5,13H,3,12H2. The summed E-state index contributed by atoms with van der Waals surface area (Å²) in [5.41, 5.74) is 6.70. The van der Waals surface area contributed by atoms with Crippen LogP contribution in [0.2, 0.25) is 0 Å². The Balaban J connectivity index is 2.76. The van der Waals surface area contributed by atoms with Crippen LogP contribution >= 0.6 is 24.0 Å². The van der Waals surface area contributed by atoms with Gasteiger partial charge in [0, 0.05) is 9.60 Å². The zero-order valence-corrected chi connectivity index (χ0v) is 9.03. The van der Waals surface area contributed by atoms with Crippen molar-refractivity contribution in [2.45, 2.75) is 11.3 Å². The van der Waals surface area contributed by atoms with Crippen LogP contribution in [0, 0.1) is 11.3 Å². The molecule has 0 atom stereocenters. The average molecular weight is 220 g/mol. The first kappa shape index (κ1) is 9.38. The molecule has 0 radical (unpaired) electrons. The minimum Gasteiger partial charge on any atom is -0.391 e. The van der Waals surface area contributed by atoms with Crippen LogP contribution in [0.3, 0.4) is 0 Å². The third-order valence-corrected chi connectivity index (χ3v) is 3.50. The number of anilines is 1. The topological polar surface area (TPSA) is 49.8 Å². The molecule has 4 heteroatoms. The highest BCUT2D eigenvalue weighted by atomic mass is 32.1. The van der Waals surface area contributed by atoms with Gasteiger partial charge in [0.15, 0.2) is 0 Å². The van der Waals surface area contributed by atoms with E-state index < -0.39 is 0 Å². The van der Waals surface area contributed by atoms with Crippen molar-refractivity contribution < 1.29 is 0 Å². The summed E-state index contributed by atoms with van der Waals surface area (Å²) in [6.07, 6.45) is 0.385. The van der Waals surface area contributed by atoms with Gasteiger partial charge in [-0.2, -0.15) is 5.26 Å². The molecule has 0 spiro atoms. The molecule has 2 nitrogen and oxygen atoms in total. The molecule has 2 rings (SSSR count). The number of nitrogens with zero attached hydrogens (tertiary/aromatic N) is 1. The maximum Gasteiger partial charge on any atom is 0.0868 e. The lowest BCUT2D eigenvalue weighted by molar-refractivity contribution is 1.22. The van der Waals surface area contributed by atoms with Crippen LogP contribution in [0.4, 0.5) is 5.00 Å². The Morgan fingerprint density at radius 3 is 3.00 bits per heavy atom. The van der Waals surface area contributed by atoms with Gasteiger partial charge in [-0.15, -0.1) is 24.0 Å². The molecular formula is C10H8N2S2. The number of nitriles is 1. The van der Waals surface area contributed by atoms with Crippen LogP contribution in [0.25, 0.3) is 10.1 Å². The lowest BCUT2D eigenvalue weighted by Crippen LogP contribution is -1.83. The first-order valence-corrected chi connectivity index (χ1v) is 5.35. The molecule has 70 valence electrons. The lowest BCUT2D eigenvalue weighted by atomic mass is 10.1. The number of hydrogen-bond donors (Lipinski definition) is 2. The van der Waals surface area contributed by atoms with Crippen molar-refractivity contribution in [3.05, 3.63) is 23.8 Å². The van der Waals surface area contributed by atoms with Crippen LogP contribution in [0.5, 0.6) is 0 Å². The summed E-state index contributed by atoms with van der Waals surface area (Å²) in [6.45, 7) is 0. The molecule has 0 fully saturated rings. The van der Waals surface area contributed by atoms with Gasteiger partial charge in [-0.1, -0.05) is 6.07 Å². The molecule has 0 aliphatic rings. The molecule has 2 N–H and O–H groups in total. The predicted octanol–water partition coefficient (Wildman–Crippen LogP) is 2.84. The van der Waals surface area contributed by atoms with Gasteiger partial charge in [0.1, 0.15) is 0 Å². The molecule has 14 heavy (non-hydrogen) atoms. The summed E-state index contributed by atoms with van der Waals surface area (Å²) < 4.78 is 1.08. The van der Waals surface area contributed by atoms with Crippen LogP contribution in [-0.4, -0.2) is 0 Å². The van der Waals surface area contributed by atoms with Crippen LogP contribution < -0.4 is 5.73 Å². The maximum absolute atomic E-state index is 8.70. The average Bonchev–Trinajstić information content (AvgIpc) is 2.51. The number of benzene rings is 1. The predicted molar refractivity (Wildman–Crippen MR) is 62.8 cm³/mol. The van der Waals surface area contributed by atoms with Gasteiger partial charge in [0.2, 0.25) is 0 Å². The molecule has 0 saturated heterocycles. The summed E-state index contributed by atoms with van der Waals surface area (Å²) in [7, 11) is 0. The van der Waals surface area contributed by atoms with E-state index in [4.69, 9.17) is 11.0 Å². The molecule has 1 aromatic heterocycles. The van der Waals surface area contributed by atoms with E-state index in [0.29, 0.717) is 6.42 Å². The Hall–Kier alpha value is -1.18. The summed E-state index contributed by atoms with van der Waals surface area (Å²) >= 11 is 5.84. The number of rotatable bonds is 1. The van der Waals surface area contributed by atoms with Gasteiger partial charge < -0.3 is 5.73 Å². The normalized spacial score (nSPS) is 10.3. The van der Waals surface area contributed by atoms with Crippen LogP contribution in [0.1, 0.15) is 5.56 Å². The number of nitrogen functional groups attached to an aromatic ring is 1. The fraction of sp³-hybridized carbons (Fsp3) is 0.100. The number of fused-ring (bicyclic) bond motifs is 1. The van der Waals surface area contributed by atoms with Crippen LogP contribution in [0.15, 0.2) is 23.1 Å². The SMILES string of the molecule is N#CCc1c(S)ccc2cc(N)sc12. The van der Waals surface area contributed by atoms with Gasteiger partial charge in [-0.25, -0.2) is 0 Å². The first-order valence-electron chi connectivity index (χ1n) is 4.09. The molecule has 1 heterocycles. The van der Waals surface area contributed by atoms with Crippen molar-refractivity contribution >= 4 is 39.1 Å². The van der Waals surface area contributed by atoms with Crippen molar-refractivity contribution in [3.8, 4) is 6.07 Å². The van der Waals surface area contributed by atoms with Gasteiger partial charge in [-0.3, -0.25) is 0 Å². The van der Waals surface area contributed by atoms with Crippen molar-refractivity contribution in [3.63, 3.8) is 0 Å². The number of thiol groups is 1. The smallest absolute Gasteiger partial charge is 0.0868 e. The summed E-state index contributed by atoms with van der Waals surface area (Å²) in [4.78, 5) is 0.862. The number of thiophene rings is 1. The molecule has 0 aliphatic carbocycles. The van der Waals surface area contributed by atoms with Gasteiger partial charge in [-0.05, 0) is 23.1 Å². The van der Waals surface area contributed by atoms with Crippen molar-refractivity contribution in [1.82, 2.24) is 0 Å². The van der Waals surface area contributed by atoms with Crippen molar-refractivity contribution in [2.24, 2.45) is 0 Å². The van der Waals surface area contributed by atoms with Gasteiger partial charge in [0.05, 0.1) is 17.5 Å². The molecular weight excluding hydrogens is 212 g/mol. The second-order valence-corrected chi connectivity index (χ2v) is 4.53. The zero-order valence-electron chi connectivity index (χ0n) is 7.32.